The molecule has 0 radical (unpaired) electrons. The summed E-state index contributed by atoms with van der Waals surface area (Å²) in [6.07, 6.45) is 4.07. The van der Waals surface area contributed by atoms with Gasteiger partial charge in [-0.25, -0.2) is 0 Å². The molecule has 0 saturated carbocycles. The normalized spacial score (nSPS) is 27.8. The lowest BCUT2D eigenvalue weighted by Gasteiger charge is -2.43. The smallest absolute Gasteiger partial charge is 0.254 e. The lowest BCUT2D eigenvalue weighted by atomic mass is 9.93. The molecule has 1 aliphatic carbocycles. The fourth-order valence-corrected chi connectivity index (χ4v) is 4.59. The fraction of sp³-hybridized carbons (Fsp3) is 0.421. The Bertz CT molecular complexity index is 695. The molecule has 2 unspecified atom stereocenters. The van der Waals surface area contributed by atoms with Crippen molar-refractivity contribution in [1.82, 2.24) is 9.80 Å². The highest BCUT2D eigenvalue weighted by atomic mass is 79.9. The van der Waals surface area contributed by atoms with Gasteiger partial charge in [0.05, 0.1) is 6.04 Å². The SMILES string of the molecule is CC1CN(Cc2ccccc2)CC2C3=C(C=C(Br)CC3)C(=O)N12. The Balaban J connectivity index is 1.58. The van der Waals surface area contributed by atoms with Gasteiger partial charge in [-0.2, -0.15) is 0 Å². The molecule has 0 aromatic heterocycles. The van der Waals surface area contributed by atoms with E-state index in [1.165, 1.54) is 11.1 Å². The number of carbonyl (C=O) groups is 1. The molecule has 1 saturated heterocycles. The van der Waals surface area contributed by atoms with Gasteiger partial charge in [0, 0.05) is 31.2 Å². The standard InChI is InChI=1S/C19H21BrN2O/c1-13-10-21(11-14-5-3-2-4-6-14)12-18-16-8-7-15(20)9-17(16)19(23)22(13)18/h2-6,9,13,18H,7-8,10-12H2,1H3. The van der Waals surface area contributed by atoms with E-state index < -0.39 is 0 Å². The summed E-state index contributed by atoms with van der Waals surface area (Å²) in [4.78, 5) is 17.4. The Labute approximate surface area is 145 Å². The third-order valence-electron chi connectivity index (χ3n) is 5.16. The van der Waals surface area contributed by atoms with Crippen LogP contribution in [0.5, 0.6) is 0 Å². The maximum Gasteiger partial charge on any atom is 0.254 e. The van der Waals surface area contributed by atoms with E-state index in [2.05, 4.69) is 63.0 Å². The Morgan fingerprint density at radius 1 is 1.17 bits per heavy atom. The van der Waals surface area contributed by atoms with Crippen LogP contribution in [0.1, 0.15) is 25.3 Å². The van der Waals surface area contributed by atoms with E-state index in [1.54, 1.807) is 0 Å². The van der Waals surface area contributed by atoms with E-state index in [0.717, 1.165) is 42.5 Å². The molecule has 1 aromatic carbocycles. The van der Waals surface area contributed by atoms with Gasteiger partial charge in [0.1, 0.15) is 0 Å². The summed E-state index contributed by atoms with van der Waals surface area (Å²) in [6, 6.07) is 11.1. The van der Waals surface area contributed by atoms with Crippen LogP contribution in [0, 0.1) is 0 Å². The molecule has 3 nitrogen and oxygen atoms in total. The van der Waals surface area contributed by atoms with Crippen molar-refractivity contribution < 1.29 is 4.79 Å². The molecule has 0 spiro atoms. The second kappa shape index (κ2) is 5.91. The van der Waals surface area contributed by atoms with Crippen LogP contribution in [-0.2, 0) is 11.3 Å². The molecule has 2 atom stereocenters. The van der Waals surface area contributed by atoms with Crippen molar-refractivity contribution in [2.75, 3.05) is 13.1 Å². The van der Waals surface area contributed by atoms with Crippen LogP contribution in [0.3, 0.4) is 0 Å². The number of amides is 1. The minimum Gasteiger partial charge on any atom is -0.327 e. The Morgan fingerprint density at radius 3 is 2.74 bits per heavy atom. The van der Waals surface area contributed by atoms with E-state index in [-0.39, 0.29) is 18.0 Å². The first-order chi connectivity index (χ1) is 11.1. The second-order valence-electron chi connectivity index (χ2n) is 6.79. The van der Waals surface area contributed by atoms with Crippen molar-refractivity contribution >= 4 is 21.8 Å². The van der Waals surface area contributed by atoms with Crippen LogP contribution in [0.25, 0.3) is 0 Å². The van der Waals surface area contributed by atoms with Crippen molar-refractivity contribution in [3.05, 3.63) is 57.6 Å². The molecule has 4 heteroatoms. The highest BCUT2D eigenvalue weighted by Gasteiger charge is 2.44. The number of piperazine rings is 1. The molecule has 4 rings (SSSR count). The minimum atomic E-state index is 0.230. The quantitative estimate of drug-likeness (QED) is 0.793. The van der Waals surface area contributed by atoms with Gasteiger partial charge in [-0.3, -0.25) is 9.69 Å². The molecule has 1 amide bonds. The Hall–Kier alpha value is -1.39. The molecule has 120 valence electrons. The minimum absolute atomic E-state index is 0.230. The number of halogens is 1. The molecule has 2 aliphatic heterocycles. The van der Waals surface area contributed by atoms with Crippen molar-refractivity contribution in [2.45, 2.75) is 38.4 Å². The second-order valence-corrected chi connectivity index (χ2v) is 7.81. The zero-order valence-electron chi connectivity index (χ0n) is 13.3. The van der Waals surface area contributed by atoms with Crippen molar-refractivity contribution in [3.8, 4) is 0 Å². The number of nitrogens with zero attached hydrogens (tertiary/aromatic N) is 2. The summed E-state index contributed by atoms with van der Waals surface area (Å²) >= 11 is 3.57. The molecule has 2 heterocycles. The van der Waals surface area contributed by atoms with Gasteiger partial charge >= 0.3 is 0 Å². The van der Waals surface area contributed by atoms with Gasteiger partial charge in [0.2, 0.25) is 0 Å². The fourth-order valence-electron chi connectivity index (χ4n) is 4.16. The van der Waals surface area contributed by atoms with E-state index in [4.69, 9.17) is 0 Å². The lowest BCUT2D eigenvalue weighted by molar-refractivity contribution is -0.131. The van der Waals surface area contributed by atoms with Crippen molar-refractivity contribution in [1.29, 1.82) is 0 Å². The highest BCUT2D eigenvalue weighted by molar-refractivity contribution is 9.11. The van der Waals surface area contributed by atoms with Crippen LogP contribution in [0.4, 0.5) is 0 Å². The van der Waals surface area contributed by atoms with E-state index in [1.807, 2.05) is 6.08 Å². The predicted molar refractivity (Wildman–Crippen MR) is 95.1 cm³/mol. The first-order valence-corrected chi connectivity index (χ1v) is 9.11. The third-order valence-corrected chi connectivity index (χ3v) is 5.79. The van der Waals surface area contributed by atoms with Crippen LogP contribution < -0.4 is 0 Å². The van der Waals surface area contributed by atoms with Crippen LogP contribution in [-0.4, -0.2) is 40.9 Å². The first-order valence-electron chi connectivity index (χ1n) is 8.31. The molecule has 0 N–H and O–H groups in total. The molecule has 3 aliphatic rings. The summed E-state index contributed by atoms with van der Waals surface area (Å²) in [5, 5.41) is 0. The number of allylic oxidation sites excluding steroid dienone is 1. The molecule has 23 heavy (non-hydrogen) atoms. The Morgan fingerprint density at radius 2 is 1.96 bits per heavy atom. The van der Waals surface area contributed by atoms with Crippen molar-refractivity contribution in [3.63, 3.8) is 0 Å². The number of benzene rings is 1. The number of hydrogen-bond acceptors (Lipinski definition) is 2. The summed E-state index contributed by atoms with van der Waals surface area (Å²) in [5.41, 5.74) is 3.64. The van der Waals surface area contributed by atoms with Crippen molar-refractivity contribution in [2.24, 2.45) is 0 Å². The van der Waals surface area contributed by atoms with Crippen LogP contribution in [0.15, 0.2) is 52.0 Å². The molecule has 0 bridgehead atoms. The zero-order valence-corrected chi connectivity index (χ0v) is 14.9. The third kappa shape index (κ3) is 2.68. The molecular formula is C19H21BrN2O. The van der Waals surface area contributed by atoms with E-state index in [0.29, 0.717) is 0 Å². The maximum atomic E-state index is 12.8. The summed E-state index contributed by atoms with van der Waals surface area (Å²) < 4.78 is 1.15. The molecule has 1 aromatic rings. The van der Waals surface area contributed by atoms with Gasteiger partial charge in [-0.15, -0.1) is 0 Å². The average Bonchev–Trinajstić information content (AvgIpc) is 2.81. The summed E-state index contributed by atoms with van der Waals surface area (Å²) in [7, 11) is 0. The lowest BCUT2D eigenvalue weighted by Crippen LogP contribution is -2.57. The van der Waals surface area contributed by atoms with Crippen LogP contribution >= 0.6 is 15.9 Å². The van der Waals surface area contributed by atoms with Gasteiger partial charge in [-0.1, -0.05) is 46.3 Å². The van der Waals surface area contributed by atoms with Gasteiger partial charge in [-0.05, 0) is 41.5 Å². The maximum absolute atomic E-state index is 12.8. The largest absolute Gasteiger partial charge is 0.327 e. The number of fused-ring (bicyclic) bond motifs is 2. The zero-order chi connectivity index (χ0) is 16.0. The number of hydrogen-bond donors (Lipinski definition) is 0. The molecular weight excluding hydrogens is 352 g/mol. The predicted octanol–water partition coefficient (Wildman–Crippen LogP) is 3.47. The van der Waals surface area contributed by atoms with Gasteiger partial charge in [0.15, 0.2) is 0 Å². The summed E-state index contributed by atoms with van der Waals surface area (Å²) in [6.45, 7) is 5.04. The topological polar surface area (TPSA) is 23.6 Å². The van der Waals surface area contributed by atoms with E-state index >= 15 is 0 Å². The Kier molecular flexibility index (Phi) is 3.90. The van der Waals surface area contributed by atoms with Gasteiger partial charge < -0.3 is 4.90 Å². The first kappa shape index (κ1) is 15.2. The molecule has 1 fully saturated rings. The van der Waals surface area contributed by atoms with E-state index in [9.17, 15) is 4.79 Å². The van der Waals surface area contributed by atoms with Gasteiger partial charge in [0.25, 0.3) is 5.91 Å². The number of carbonyl (C=O) groups excluding carboxylic acids is 1. The van der Waals surface area contributed by atoms with Crippen LogP contribution in [0.2, 0.25) is 0 Å². The highest BCUT2D eigenvalue weighted by Crippen LogP contribution is 2.40. The monoisotopic (exact) mass is 372 g/mol. The number of rotatable bonds is 2. The summed E-state index contributed by atoms with van der Waals surface area (Å²) in [5.74, 6) is 0.230. The average molecular weight is 373 g/mol.